The third-order valence-corrected chi connectivity index (χ3v) is 5.41. The van der Waals surface area contributed by atoms with E-state index in [1.165, 1.54) is 0 Å². The van der Waals surface area contributed by atoms with Crippen molar-refractivity contribution < 1.29 is 13.2 Å². The Hall–Kier alpha value is -1.37. The van der Waals surface area contributed by atoms with Crippen molar-refractivity contribution in [3.05, 3.63) is 18.2 Å². The number of carbonyl (C=O) groups excluding carboxylic acids is 1. The zero-order valence-electron chi connectivity index (χ0n) is 11.9. The van der Waals surface area contributed by atoms with Gasteiger partial charge in [0.1, 0.15) is 5.82 Å². The average molecular weight is 299 g/mol. The summed E-state index contributed by atoms with van der Waals surface area (Å²) in [5.74, 6) is 0.494. The lowest BCUT2D eigenvalue weighted by molar-refractivity contribution is -0.135. The van der Waals surface area contributed by atoms with Crippen molar-refractivity contribution in [1.29, 1.82) is 0 Å². The third kappa shape index (κ3) is 3.39. The minimum Gasteiger partial charge on any atom is -0.337 e. The molecule has 0 spiro atoms. The Bertz CT molecular complexity index is 579. The van der Waals surface area contributed by atoms with Gasteiger partial charge in [-0.2, -0.15) is 0 Å². The van der Waals surface area contributed by atoms with Crippen molar-refractivity contribution in [2.24, 2.45) is 13.0 Å². The molecule has 6 nitrogen and oxygen atoms in total. The van der Waals surface area contributed by atoms with E-state index in [1.807, 2.05) is 24.7 Å². The molecule has 0 aromatic carbocycles. The molecule has 1 amide bonds. The Morgan fingerprint density at radius 3 is 2.80 bits per heavy atom. The number of sulfone groups is 1. The Morgan fingerprint density at radius 2 is 2.30 bits per heavy atom. The largest absolute Gasteiger partial charge is 0.337 e. The molecule has 2 heterocycles. The average Bonchev–Trinajstić information content (AvgIpc) is 2.94. The number of carbonyl (C=O) groups is 1. The van der Waals surface area contributed by atoms with Gasteiger partial charge in [-0.15, -0.1) is 0 Å². The standard InChI is InChI=1S/C13H21N3O3S/c1-3-6-16(9-12-14-5-7-15(12)2)13(17)11-4-8-20(18,19)10-11/h5,7,11H,3-4,6,8-10H2,1-2H3/t11-/m1/s1. The minimum atomic E-state index is -3.03. The molecule has 0 unspecified atom stereocenters. The number of hydrogen-bond acceptors (Lipinski definition) is 4. The van der Waals surface area contributed by atoms with Gasteiger partial charge in [0, 0.05) is 26.0 Å². The summed E-state index contributed by atoms with van der Waals surface area (Å²) >= 11 is 0. The normalized spacial score (nSPS) is 21.0. The first-order valence-corrected chi connectivity index (χ1v) is 8.70. The number of aromatic nitrogens is 2. The Morgan fingerprint density at radius 1 is 1.55 bits per heavy atom. The smallest absolute Gasteiger partial charge is 0.227 e. The fourth-order valence-electron chi connectivity index (χ4n) is 2.50. The maximum atomic E-state index is 12.5. The van der Waals surface area contributed by atoms with Crippen molar-refractivity contribution in [3.63, 3.8) is 0 Å². The topological polar surface area (TPSA) is 72.3 Å². The number of aryl methyl sites for hydroxylation is 1. The van der Waals surface area contributed by atoms with Crippen LogP contribution in [-0.2, 0) is 28.2 Å². The van der Waals surface area contributed by atoms with Crippen LogP contribution in [-0.4, -0.2) is 46.8 Å². The van der Waals surface area contributed by atoms with E-state index in [2.05, 4.69) is 4.98 Å². The molecule has 0 bridgehead atoms. The molecule has 20 heavy (non-hydrogen) atoms. The molecule has 0 radical (unpaired) electrons. The maximum absolute atomic E-state index is 12.5. The van der Waals surface area contributed by atoms with Crippen LogP contribution in [0.2, 0.25) is 0 Å². The predicted molar refractivity (Wildman–Crippen MR) is 75.7 cm³/mol. The van der Waals surface area contributed by atoms with Crippen molar-refractivity contribution in [1.82, 2.24) is 14.5 Å². The number of imidazole rings is 1. The lowest BCUT2D eigenvalue weighted by Gasteiger charge is -2.24. The van der Waals surface area contributed by atoms with Crippen molar-refractivity contribution in [2.75, 3.05) is 18.1 Å². The zero-order chi connectivity index (χ0) is 14.8. The molecule has 1 aliphatic heterocycles. The fraction of sp³-hybridized carbons (Fsp3) is 0.692. The van der Waals surface area contributed by atoms with Crippen LogP contribution in [0.1, 0.15) is 25.6 Å². The third-order valence-electron chi connectivity index (χ3n) is 3.64. The van der Waals surface area contributed by atoms with Crippen LogP contribution in [0, 0.1) is 5.92 Å². The van der Waals surface area contributed by atoms with E-state index in [0.29, 0.717) is 19.5 Å². The highest BCUT2D eigenvalue weighted by Crippen LogP contribution is 2.21. The van der Waals surface area contributed by atoms with Gasteiger partial charge >= 0.3 is 0 Å². The van der Waals surface area contributed by atoms with Gasteiger partial charge in [0.25, 0.3) is 0 Å². The minimum absolute atomic E-state index is 0.00733. The molecule has 7 heteroatoms. The molecule has 1 aliphatic rings. The number of hydrogen-bond donors (Lipinski definition) is 0. The van der Waals surface area contributed by atoms with Crippen molar-refractivity contribution >= 4 is 15.7 Å². The molecular formula is C13H21N3O3S. The summed E-state index contributed by atoms with van der Waals surface area (Å²) in [6.07, 6.45) is 4.82. The second kappa shape index (κ2) is 5.95. The van der Waals surface area contributed by atoms with Gasteiger partial charge in [0.2, 0.25) is 5.91 Å². The first-order chi connectivity index (χ1) is 9.43. The second-order valence-corrected chi connectivity index (χ2v) is 7.54. The Labute approximate surface area is 119 Å². The molecule has 1 aromatic heterocycles. The summed E-state index contributed by atoms with van der Waals surface area (Å²) in [4.78, 5) is 18.4. The number of amides is 1. The lowest BCUT2D eigenvalue weighted by Crippen LogP contribution is -2.37. The molecular weight excluding hydrogens is 278 g/mol. The van der Waals surface area contributed by atoms with Crippen LogP contribution < -0.4 is 0 Å². The number of rotatable bonds is 5. The van der Waals surface area contributed by atoms with Gasteiger partial charge in [-0.1, -0.05) is 6.92 Å². The van der Waals surface area contributed by atoms with Crippen LogP contribution in [0.4, 0.5) is 0 Å². The van der Waals surface area contributed by atoms with Crippen LogP contribution in [0.3, 0.4) is 0 Å². The molecule has 1 atom stereocenters. The van der Waals surface area contributed by atoms with E-state index in [1.54, 1.807) is 11.1 Å². The quantitative estimate of drug-likeness (QED) is 0.798. The molecule has 2 rings (SSSR count). The van der Waals surface area contributed by atoms with E-state index < -0.39 is 9.84 Å². The van der Waals surface area contributed by atoms with Gasteiger partial charge in [0.15, 0.2) is 9.84 Å². The monoisotopic (exact) mass is 299 g/mol. The van der Waals surface area contributed by atoms with Crippen LogP contribution in [0.5, 0.6) is 0 Å². The van der Waals surface area contributed by atoms with Crippen molar-refractivity contribution in [3.8, 4) is 0 Å². The van der Waals surface area contributed by atoms with Gasteiger partial charge in [-0.25, -0.2) is 13.4 Å². The molecule has 1 saturated heterocycles. The Balaban J connectivity index is 2.08. The molecule has 0 N–H and O–H groups in total. The molecule has 0 aliphatic carbocycles. The van der Waals surface area contributed by atoms with Crippen molar-refractivity contribution in [2.45, 2.75) is 26.3 Å². The second-order valence-electron chi connectivity index (χ2n) is 5.31. The zero-order valence-corrected chi connectivity index (χ0v) is 12.8. The van der Waals surface area contributed by atoms with Crippen LogP contribution >= 0.6 is 0 Å². The predicted octanol–water partition coefficient (Wildman–Crippen LogP) is 0.593. The van der Waals surface area contributed by atoms with Gasteiger partial charge in [-0.05, 0) is 12.8 Å². The SMILES string of the molecule is CCCN(Cc1nccn1C)C(=O)[C@@H]1CCS(=O)(=O)C1. The molecule has 1 aromatic rings. The molecule has 0 saturated carbocycles. The summed E-state index contributed by atoms with van der Waals surface area (Å²) in [6, 6.07) is 0. The summed E-state index contributed by atoms with van der Waals surface area (Å²) in [6.45, 7) is 3.07. The highest BCUT2D eigenvalue weighted by molar-refractivity contribution is 7.91. The highest BCUT2D eigenvalue weighted by Gasteiger charge is 2.35. The first kappa shape index (κ1) is 15.0. The molecule has 112 valence electrons. The van der Waals surface area contributed by atoms with Crippen LogP contribution in [0.15, 0.2) is 12.4 Å². The summed E-state index contributed by atoms with van der Waals surface area (Å²) in [5.41, 5.74) is 0. The Kier molecular flexibility index (Phi) is 4.47. The van der Waals surface area contributed by atoms with Gasteiger partial charge in [0.05, 0.1) is 24.0 Å². The summed E-state index contributed by atoms with van der Waals surface area (Å²) in [5, 5.41) is 0. The summed E-state index contributed by atoms with van der Waals surface area (Å²) < 4.78 is 24.9. The molecule has 1 fully saturated rings. The van der Waals surface area contributed by atoms with Crippen LogP contribution in [0.25, 0.3) is 0 Å². The highest BCUT2D eigenvalue weighted by atomic mass is 32.2. The van der Waals surface area contributed by atoms with Gasteiger partial charge < -0.3 is 9.47 Å². The number of nitrogens with zero attached hydrogens (tertiary/aromatic N) is 3. The fourth-order valence-corrected chi connectivity index (χ4v) is 4.24. The van der Waals surface area contributed by atoms with E-state index in [0.717, 1.165) is 12.2 Å². The first-order valence-electron chi connectivity index (χ1n) is 6.88. The van der Waals surface area contributed by atoms with E-state index in [-0.39, 0.29) is 23.3 Å². The van der Waals surface area contributed by atoms with E-state index >= 15 is 0 Å². The lowest BCUT2D eigenvalue weighted by atomic mass is 10.1. The maximum Gasteiger partial charge on any atom is 0.227 e. The van der Waals surface area contributed by atoms with Gasteiger partial charge in [-0.3, -0.25) is 4.79 Å². The summed E-state index contributed by atoms with van der Waals surface area (Å²) in [7, 11) is -1.14. The van der Waals surface area contributed by atoms with E-state index in [9.17, 15) is 13.2 Å². The van der Waals surface area contributed by atoms with E-state index in [4.69, 9.17) is 0 Å².